The van der Waals surface area contributed by atoms with Gasteiger partial charge in [-0.1, -0.05) is 85.8 Å². The van der Waals surface area contributed by atoms with E-state index in [4.69, 9.17) is 0 Å². The maximum atomic E-state index is 2.19. The summed E-state index contributed by atoms with van der Waals surface area (Å²) in [4.78, 5) is 0. The molecule has 0 aliphatic heterocycles. The molecular weight excluding hydrogens is 216 g/mol. The molecule has 0 atom stereocenters. The van der Waals surface area contributed by atoms with Gasteiger partial charge >= 0.3 is 0 Å². The summed E-state index contributed by atoms with van der Waals surface area (Å²) < 4.78 is 0. The molecule has 90 valence electrons. The molecule has 0 saturated heterocycles. The first-order valence-corrected chi connectivity index (χ1v) is 6.39. The van der Waals surface area contributed by atoms with Crippen molar-refractivity contribution in [1.29, 1.82) is 0 Å². The number of hydrogen-bond donors (Lipinski definition) is 0. The Balaban J connectivity index is 2.42. The van der Waals surface area contributed by atoms with Crippen LogP contribution in [0.15, 0.2) is 78.9 Å². The van der Waals surface area contributed by atoms with Gasteiger partial charge in [-0.2, -0.15) is 0 Å². The van der Waals surface area contributed by atoms with Gasteiger partial charge in [-0.3, -0.25) is 0 Å². The molecule has 2 aromatic carbocycles. The fourth-order valence-corrected chi connectivity index (χ4v) is 1.89. The molecule has 0 N–H and O–H groups in total. The summed E-state index contributed by atoms with van der Waals surface area (Å²) in [6.07, 6.45) is 7.56. The second-order valence-corrected chi connectivity index (χ2v) is 4.15. The summed E-state index contributed by atoms with van der Waals surface area (Å²) in [5.41, 5.74) is 3.77. The summed E-state index contributed by atoms with van der Waals surface area (Å²) in [5, 5.41) is 0. The van der Waals surface area contributed by atoms with Crippen molar-refractivity contribution in [2.45, 2.75) is 13.3 Å². The van der Waals surface area contributed by atoms with Crippen LogP contribution < -0.4 is 0 Å². The van der Waals surface area contributed by atoms with Crippen LogP contribution in [0, 0.1) is 0 Å². The van der Waals surface area contributed by atoms with Crippen LogP contribution in [-0.2, 0) is 0 Å². The highest BCUT2D eigenvalue weighted by Crippen LogP contribution is 2.23. The van der Waals surface area contributed by atoms with Crippen molar-refractivity contribution in [2.24, 2.45) is 0 Å². The van der Waals surface area contributed by atoms with Crippen LogP contribution in [0.25, 0.3) is 5.57 Å². The van der Waals surface area contributed by atoms with Gasteiger partial charge < -0.3 is 0 Å². The quantitative estimate of drug-likeness (QED) is 0.647. The van der Waals surface area contributed by atoms with E-state index in [2.05, 4.69) is 73.7 Å². The van der Waals surface area contributed by atoms with Crippen LogP contribution in [-0.4, -0.2) is 0 Å². The Hall–Kier alpha value is -2.08. The van der Waals surface area contributed by atoms with E-state index in [0.717, 1.165) is 6.42 Å². The van der Waals surface area contributed by atoms with Gasteiger partial charge in [-0.15, -0.1) is 0 Å². The monoisotopic (exact) mass is 234 g/mol. The molecule has 0 unspecified atom stereocenters. The minimum Gasteiger partial charge on any atom is -0.0848 e. The van der Waals surface area contributed by atoms with Crippen molar-refractivity contribution < 1.29 is 0 Å². The molecule has 0 fully saturated rings. The normalized spacial score (nSPS) is 10.5. The highest BCUT2D eigenvalue weighted by atomic mass is 14.1. The average molecular weight is 234 g/mol. The van der Waals surface area contributed by atoms with Crippen LogP contribution in [0.2, 0.25) is 0 Å². The van der Waals surface area contributed by atoms with E-state index in [0.29, 0.717) is 0 Å². The fraction of sp³-hybridized carbons (Fsp3) is 0.111. The third-order valence-electron chi connectivity index (χ3n) is 2.80. The fourth-order valence-electron chi connectivity index (χ4n) is 1.89. The molecule has 0 heteroatoms. The van der Waals surface area contributed by atoms with Gasteiger partial charge in [0.25, 0.3) is 0 Å². The van der Waals surface area contributed by atoms with Crippen molar-refractivity contribution in [1.82, 2.24) is 0 Å². The second-order valence-electron chi connectivity index (χ2n) is 4.15. The molecule has 0 aliphatic rings. The number of benzene rings is 2. The maximum absolute atomic E-state index is 2.19. The summed E-state index contributed by atoms with van der Waals surface area (Å²) in [6, 6.07) is 21.0. The third kappa shape index (κ3) is 3.21. The summed E-state index contributed by atoms with van der Waals surface area (Å²) in [7, 11) is 0. The number of rotatable bonds is 4. The first kappa shape index (κ1) is 12.4. The van der Waals surface area contributed by atoms with Gasteiger partial charge in [0, 0.05) is 0 Å². The molecule has 0 bridgehead atoms. The summed E-state index contributed by atoms with van der Waals surface area (Å²) in [6.45, 7) is 2.15. The van der Waals surface area contributed by atoms with Gasteiger partial charge in [0.05, 0.1) is 0 Å². The maximum Gasteiger partial charge on any atom is -0.0112 e. The highest BCUT2D eigenvalue weighted by Gasteiger charge is 2.02. The Bertz CT molecular complexity index is 477. The lowest BCUT2D eigenvalue weighted by molar-refractivity contribution is 1.22. The molecular formula is C18H18. The molecule has 0 spiro atoms. The van der Waals surface area contributed by atoms with Crippen molar-refractivity contribution in [3.05, 3.63) is 90.0 Å². The van der Waals surface area contributed by atoms with E-state index < -0.39 is 0 Å². The van der Waals surface area contributed by atoms with Crippen LogP contribution in [0.1, 0.15) is 24.5 Å². The van der Waals surface area contributed by atoms with Crippen LogP contribution in [0.3, 0.4) is 0 Å². The molecule has 18 heavy (non-hydrogen) atoms. The lowest BCUT2D eigenvalue weighted by Crippen LogP contribution is -1.86. The molecule has 0 aliphatic carbocycles. The zero-order valence-corrected chi connectivity index (χ0v) is 10.7. The Morgan fingerprint density at radius 2 is 1.33 bits per heavy atom. The van der Waals surface area contributed by atoms with E-state index in [1.54, 1.807) is 0 Å². The van der Waals surface area contributed by atoms with E-state index in [1.165, 1.54) is 16.7 Å². The first-order chi connectivity index (χ1) is 8.92. The topological polar surface area (TPSA) is 0 Å². The SMILES string of the molecule is CC/C=C/C=C(c1ccccc1)c1ccccc1. The van der Waals surface area contributed by atoms with Crippen LogP contribution in [0.4, 0.5) is 0 Å². The third-order valence-corrected chi connectivity index (χ3v) is 2.80. The lowest BCUT2D eigenvalue weighted by atomic mass is 9.97. The van der Waals surface area contributed by atoms with Crippen molar-refractivity contribution in [2.75, 3.05) is 0 Å². The largest absolute Gasteiger partial charge is 0.0848 e. The van der Waals surface area contributed by atoms with E-state index in [1.807, 2.05) is 12.1 Å². The summed E-state index contributed by atoms with van der Waals surface area (Å²) >= 11 is 0. The first-order valence-electron chi connectivity index (χ1n) is 6.39. The van der Waals surface area contributed by atoms with Crippen molar-refractivity contribution in [3.8, 4) is 0 Å². The van der Waals surface area contributed by atoms with E-state index in [9.17, 15) is 0 Å². The molecule has 2 aromatic rings. The Morgan fingerprint density at radius 1 is 0.833 bits per heavy atom. The highest BCUT2D eigenvalue weighted by molar-refractivity contribution is 5.80. The van der Waals surface area contributed by atoms with Crippen LogP contribution in [0.5, 0.6) is 0 Å². The molecule has 0 amide bonds. The molecule has 0 radical (unpaired) electrons. The zero-order chi connectivity index (χ0) is 12.6. The Kier molecular flexibility index (Phi) is 4.54. The van der Waals surface area contributed by atoms with Gasteiger partial charge in [0.2, 0.25) is 0 Å². The molecule has 2 rings (SSSR count). The number of hydrogen-bond acceptors (Lipinski definition) is 0. The minimum atomic E-state index is 1.06. The van der Waals surface area contributed by atoms with Crippen LogP contribution >= 0.6 is 0 Å². The second kappa shape index (κ2) is 6.61. The van der Waals surface area contributed by atoms with Gasteiger partial charge in [-0.05, 0) is 23.1 Å². The van der Waals surface area contributed by atoms with Crippen molar-refractivity contribution in [3.63, 3.8) is 0 Å². The number of allylic oxidation sites excluding steroid dienone is 3. The van der Waals surface area contributed by atoms with E-state index in [-0.39, 0.29) is 0 Å². The van der Waals surface area contributed by atoms with Gasteiger partial charge in [-0.25, -0.2) is 0 Å². The zero-order valence-electron chi connectivity index (χ0n) is 10.7. The predicted octanol–water partition coefficient (Wildman–Crippen LogP) is 5.08. The standard InChI is InChI=1S/C18H18/c1-2-3-6-15-18(16-11-7-4-8-12-16)17-13-9-5-10-14-17/h3-15H,2H2,1H3/b6-3+. The smallest absolute Gasteiger partial charge is 0.0112 e. The summed E-state index contributed by atoms with van der Waals surface area (Å²) in [5.74, 6) is 0. The van der Waals surface area contributed by atoms with Gasteiger partial charge in [0.1, 0.15) is 0 Å². The molecule has 0 heterocycles. The van der Waals surface area contributed by atoms with Crippen molar-refractivity contribution >= 4 is 5.57 Å². The Labute approximate surface area is 109 Å². The average Bonchev–Trinajstić information content (AvgIpc) is 2.46. The predicted molar refractivity (Wildman–Crippen MR) is 79.4 cm³/mol. The molecule has 0 aromatic heterocycles. The molecule has 0 nitrogen and oxygen atoms in total. The minimum absolute atomic E-state index is 1.06. The lowest BCUT2D eigenvalue weighted by Gasteiger charge is -2.07. The molecule has 0 saturated carbocycles. The van der Waals surface area contributed by atoms with Gasteiger partial charge in [0.15, 0.2) is 0 Å². The Morgan fingerprint density at radius 3 is 1.78 bits per heavy atom. The van der Waals surface area contributed by atoms with E-state index >= 15 is 0 Å².